The van der Waals surface area contributed by atoms with Crippen molar-refractivity contribution in [3.05, 3.63) is 63.7 Å². The molecule has 1 heterocycles. The van der Waals surface area contributed by atoms with Crippen LogP contribution in [-0.2, 0) is 19.6 Å². The van der Waals surface area contributed by atoms with E-state index in [-0.39, 0.29) is 5.75 Å². The number of ether oxygens (including phenoxy) is 1. The van der Waals surface area contributed by atoms with Crippen molar-refractivity contribution in [2.45, 2.75) is 26.0 Å². The number of fused-ring (bicyclic) bond motifs is 1. The van der Waals surface area contributed by atoms with Gasteiger partial charge in [0.25, 0.3) is 0 Å². The molecule has 1 aliphatic rings. The van der Waals surface area contributed by atoms with E-state index in [0.717, 1.165) is 29.8 Å². The van der Waals surface area contributed by atoms with Crippen molar-refractivity contribution in [1.29, 1.82) is 0 Å². The fourth-order valence-corrected chi connectivity index (χ4v) is 3.01. The third kappa shape index (κ3) is 3.84. The van der Waals surface area contributed by atoms with Crippen LogP contribution in [0.25, 0.3) is 0 Å². The zero-order valence-electron chi connectivity index (χ0n) is 12.5. The molecular weight excluding hydrogens is 339 g/mol. The van der Waals surface area contributed by atoms with E-state index < -0.39 is 6.36 Å². The molecule has 2 aromatic carbocycles. The number of nitrogens with zero attached hydrogens (tertiary/aromatic N) is 1. The number of halogens is 4. The van der Waals surface area contributed by atoms with Crippen molar-refractivity contribution in [2.75, 3.05) is 0 Å². The summed E-state index contributed by atoms with van der Waals surface area (Å²) in [5.74, 6) is 2.34. The minimum absolute atomic E-state index is 0.221. The number of rotatable bonds is 3. The number of alkyl halides is 3. The molecule has 0 unspecified atom stereocenters. The topological polar surface area (TPSA) is 12.5 Å². The Morgan fingerprint density at radius 2 is 1.75 bits per heavy atom. The first-order valence-electron chi connectivity index (χ1n) is 7.19. The van der Waals surface area contributed by atoms with E-state index in [0.29, 0.717) is 17.1 Å². The molecule has 0 aromatic heterocycles. The lowest BCUT2D eigenvalue weighted by atomic mass is 10.1. The second-order valence-electron chi connectivity index (χ2n) is 5.58. The van der Waals surface area contributed by atoms with Crippen molar-refractivity contribution < 1.29 is 17.9 Å². The van der Waals surface area contributed by atoms with E-state index in [1.54, 1.807) is 12.1 Å². The summed E-state index contributed by atoms with van der Waals surface area (Å²) in [4.78, 5) is 2.17. The summed E-state index contributed by atoms with van der Waals surface area (Å²) < 4.78 is 40.3. The molecule has 6 heteroatoms. The number of benzene rings is 2. The summed E-state index contributed by atoms with van der Waals surface area (Å²) in [6.07, 6.45) is 0.746. The molecule has 0 bridgehead atoms. The van der Waals surface area contributed by atoms with E-state index >= 15 is 0 Å². The van der Waals surface area contributed by atoms with Crippen molar-refractivity contribution in [1.82, 2.24) is 4.90 Å². The second-order valence-corrected chi connectivity index (χ2v) is 5.99. The van der Waals surface area contributed by atoms with Gasteiger partial charge in [-0.25, -0.2) is 0 Å². The molecule has 2 aromatic rings. The molecule has 2 nitrogen and oxygen atoms in total. The molecular formula is C18H13ClF3NO. The Labute approximate surface area is 142 Å². The molecule has 0 saturated carbocycles. The third-order valence-electron chi connectivity index (χ3n) is 3.80. The van der Waals surface area contributed by atoms with E-state index in [4.69, 9.17) is 18.0 Å². The first-order valence-corrected chi connectivity index (χ1v) is 7.57. The maximum Gasteiger partial charge on any atom is 0.573 e. The Kier molecular flexibility index (Phi) is 4.44. The summed E-state index contributed by atoms with van der Waals surface area (Å²) in [7, 11) is 0. The van der Waals surface area contributed by atoms with Crippen molar-refractivity contribution >= 4 is 11.6 Å². The standard InChI is InChI=1S/C18H13ClF3NO/c1-2-13-7-14-10-23(11-15(14)8-17(13)19)9-12-3-5-16(6-4-12)24-18(20,21)22/h1,3-8H,9-11H2. The van der Waals surface area contributed by atoms with Crippen LogP contribution in [0.1, 0.15) is 22.3 Å². The molecule has 0 radical (unpaired) electrons. The van der Waals surface area contributed by atoms with Crippen LogP contribution in [0.15, 0.2) is 36.4 Å². The highest BCUT2D eigenvalue weighted by Gasteiger charge is 2.31. The van der Waals surface area contributed by atoms with Gasteiger partial charge in [-0.1, -0.05) is 29.7 Å². The average Bonchev–Trinajstić information content (AvgIpc) is 2.88. The van der Waals surface area contributed by atoms with Crippen LogP contribution in [0.3, 0.4) is 0 Å². The molecule has 0 amide bonds. The predicted molar refractivity (Wildman–Crippen MR) is 85.5 cm³/mol. The van der Waals surface area contributed by atoms with E-state index in [1.165, 1.54) is 12.1 Å². The quantitative estimate of drug-likeness (QED) is 0.741. The molecule has 0 aliphatic carbocycles. The predicted octanol–water partition coefficient (Wildman–Crippen LogP) is 4.74. The van der Waals surface area contributed by atoms with Crippen molar-refractivity contribution in [3.8, 4) is 18.1 Å². The number of hydrogen-bond donors (Lipinski definition) is 0. The van der Waals surface area contributed by atoms with Gasteiger partial charge in [0.15, 0.2) is 0 Å². The van der Waals surface area contributed by atoms with Gasteiger partial charge in [0, 0.05) is 25.2 Å². The van der Waals surface area contributed by atoms with Gasteiger partial charge >= 0.3 is 6.36 Å². The molecule has 0 fully saturated rings. The van der Waals surface area contributed by atoms with Gasteiger partial charge in [-0.15, -0.1) is 19.6 Å². The Balaban J connectivity index is 1.67. The van der Waals surface area contributed by atoms with Gasteiger partial charge in [-0.2, -0.15) is 0 Å². The third-order valence-corrected chi connectivity index (χ3v) is 4.11. The van der Waals surface area contributed by atoms with Crippen LogP contribution in [0.4, 0.5) is 13.2 Å². The number of terminal acetylenes is 1. The van der Waals surface area contributed by atoms with Crippen LogP contribution in [0.2, 0.25) is 5.02 Å². The Morgan fingerprint density at radius 3 is 2.33 bits per heavy atom. The van der Waals surface area contributed by atoms with Gasteiger partial charge in [0.05, 0.1) is 5.02 Å². The van der Waals surface area contributed by atoms with Crippen LogP contribution >= 0.6 is 11.6 Å². The second kappa shape index (κ2) is 6.39. The Bertz CT molecular complexity index is 794. The van der Waals surface area contributed by atoms with Gasteiger partial charge in [-0.05, 0) is 41.0 Å². The molecule has 1 aliphatic heterocycles. The van der Waals surface area contributed by atoms with Crippen LogP contribution in [0, 0.1) is 12.3 Å². The van der Waals surface area contributed by atoms with Crippen LogP contribution < -0.4 is 4.74 Å². The van der Waals surface area contributed by atoms with Gasteiger partial charge in [-0.3, -0.25) is 4.90 Å². The molecule has 3 rings (SSSR count). The molecule has 0 atom stereocenters. The minimum Gasteiger partial charge on any atom is -0.406 e. The lowest BCUT2D eigenvalue weighted by molar-refractivity contribution is -0.274. The fraction of sp³-hybridized carbons (Fsp3) is 0.222. The van der Waals surface area contributed by atoms with E-state index in [9.17, 15) is 13.2 Å². The lowest BCUT2D eigenvalue weighted by Crippen LogP contribution is -2.17. The molecule has 124 valence electrons. The summed E-state index contributed by atoms with van der Waals surface area (Å²) in [6.45, 7) is 2.06. The van der Waals surface area contributed by atoms with Crippen LogP contribution in [0.5, 0.6) is 5.75 Å². The first kappa shape index (κ1) is 16.7. The number of hydrogen-bond acceptors (Lipinski definition) is 2. The van der Waals surface area contributed by atoms with Crippen LogP contribution in [-0.4, -0.2) is 11.3 Å². The highest BCUT2D eigenvalue weighted by atomic mass is 35.5. The monoisotopic (exact) mass is 351 g/mol. The largest absolute Gasteiger partial charge is 0.573 e. The summed E-state index contributed by atoms with van der Waals surface area (Å²) in [5, 5.41) is 0.562. The minimum atomic E-state index is -4.67. The van der Waals surface area contributed by atoms with Crippen molar-refractivity contribution in [2.24, 2.45) is 0 Å². The maximum atomic E-state index is 12.2. The SMILES string of the molecule is C#Cc1cc2c(cc1Cl)CN(Cc1ccc(OC(F)(F)F)cc1)C2. The highest BCUT2D eigenvalue weighted by Crippen LogP contribution is 2.30. The zero-order valence-corrected chi connectivity index (χ0v) is 13.3. The van der Waals surface area contributed by atoms with E-state index in [2.05, 4.69) is 15.6 Å². The molecule has 0 saturated heterocycles. The summed E-state index contributed by atoms with van der Waals surface area (Å²) in [6, 6.07) is 9.69. The highest BCUT2D eigenvalue weighted by molar-refractivity contribution is 6.31. The van der Waals surface area contributed by atoms with Gasteiger partial charge in [0.2, 0.25) is 0 Å². The normalized spacial score (nSPS) is 14.3. The Hall–Kier alpha value is -2.16. The summed E-state index contributed by atoms with van der Waals surface area (Å²) in [5.41, 5.74) is 3.83. The van der Waals surface area contributed by atoms with Crippen molar-refractivity contribution in [3.63, 3.8) is 0 Å². The smallest absolute Gasteiger partial charge is 0.406 e. The zero-order chi connectivity index (χ0) is 17.3. The first-order chi connectivity index (χ1) is 11.3. The molecule has 0 spiro atoms. The molecule has 24 heavy (non-hydrogen) atoms. The molecule has 0 N–H and O–H groups in total. The van der Waals surface area contributed by atoms with Gasteiger partial charge < -0.3 is 4.74 Å². The Morgan fingerprint density at radius 1 is 1.12 bits per heavy atom. The summed E-state index contributed by atoms with van der Waals surface area (Å²) >= 11 is 6.12. The van der Waals surface area contributed by atoms with E-state index in [1.807, 2.05) is 12.1 Å². The fourth-order valence-electron chi connectivity index (χ4n) is 2.77. The average molecular weight is 352 g/mol. The maximum absolute atomic E-state index is 12.2. The lowest BCUT2D eigenvalue weighted by Gasteiger charge is -2.15. The van der Waals surface area contributed by atoms with Gasteiger partial charge in [0.1, 0.15) is 5.75 Å².